The van der Waals surface area contributed by atoms with Crippen molar-refractivity contribution in [2.24, 2.45) is 10.2 Å². The van der Waals surface area contributed by atoms with E-state index in [1.165, 1.54) is 11.8 Å². The Morgan fingerprint density at radius 2 is 1.92 bits per heavy atom. The van der Waals surface area contributed by atoms with Crippen LogP contribution in [0.5, 0.6) is 5.75 Å². The van der Waals surface area contributed by atoms with Gasteiger partial charge in [0.15, 0.2) is 5.17 Å². The van der Waals surface area contributed by atoms with Crippen LogP contribution in [-0.4, -0.2) is 29.1 Å². The van der Waals surface area contributed by atoms with E-state index in [-0.39, 0.29) is 11.2 Å². The minimum atomic E-state index is -0.211. The molecule has 2 aromatic rings. The number of ether oxygens (including phenoxy) is 1. The van der Waals surface area contributed by atoms with Crippen LogP contribution in [-0.2, 0) is 11.2 Å². The SMILES string of the molecule is CCOc1ccc(CC2SC(=NN=Cc3ccc(Cl)cc3)NC2=O)cc1. The zero-order valence-electron chi connectivity index (χ0n) is 14.2. The van der Waals surface area contributed by atoms with Crippen molar-refractivity contribution in [3.63, 3.8) is 0 Å². The molecule has 0 spiro atoms. The molecule has 1 saturated heterocycles. The first-order valence-electron chi connectivity index (χ1n) is 8.20. The van der Waals surface area contributed by atoms with Crippen molar-refractivity contribution in [1.82, 2.24) is 5.32 Å². The van der Waals surface area contributed by atoms with Gasteiger partial charge in [0.05, 0.1) is 18.1 Å². The van der Waals surface area contributed by atoms with Crippen molar-refractivity contribution < 1.29 is 9.53 Å². The molecule has 3 rings (SSSR count). The van der Waals surface area contributed by atoms with Crippen LogP contribution in [0.3, 0.4) is 0 Å². The highest BCUT2D eigenvalue weighted by Crippen LogP contribution is 2.24. The van der Waals surface area contributed by atoms with Crippen LogP contribution in [0.15, 0.2) is 58.7 Å². The van der Waals surface area contributed by atoms with Gasteiger partial charge in [-0.05, 0) is 48.7 Å². The van der Waals surface area contributed by atoms with E-state index in [1.54, 1.807) is 18.3 Å². The average molecular weight is 388 g/mol. The summed E-state index contributed by atoms with van der Waals surface area (Å²) in [7, 11) is 0. The predicted molar refractivity (Wildman–Crippen MR) is 107 cm³/mol. The third kappa shape index (κ3) is 5.09. The van der Waals surface area contributed by atoms with E-state index in [0.717, 1.165) is 16.9 Å². The van der Waals surface area contributed by atoms with Gasteiger partial charge in [0.1, 0.15) is 5.75 Å². The Morgan fingerprint density at radius 1 is 1.19 bits per heavy atom. The highest BCUT2D eigenvalue weighted by Gasteiger charge is 2.30. The molecule has 1 aliphatic heterocycles. The van der Waals surface area contributed by atoms with E-state index < -0.39 is 0 Å². The van der Waals surface area contributed by atoms with Crippen molar-refractivity contribution >= 4 is 40.7 Å². The molecule has 1 aliphatic rings. The summed E-state index contributed by atoms with van der Waals surface area (Å²) in [5.74, 6) is 0.780. The van der Waals surface area contributed by atoms with Crippen molar-refractivity contribution in [3.05, 3.63) is 64.7 Å². The summed E-state index contributed by atoms with van der Waals surface area (Å²) < 4.78 is 5.43. The fraction of sp³-hybridized carbons (Fsp3) is 0.211. The summed E-state index contributed by atoms with van der Waals surface area (Å²) in [6, 6.07) is 15.1. The van der Waals surface area contributed by atoms with Crippen LogP contribution in [0.1, 0.15) is 18.1 Å². The summed E-state index contributed by atoms with van der Waals surface area (Å²) >= 11 is 7.23. The van der Waals surface area contributed by atoms with E-state index in [0.29, 0.717) is 23.2 Å². The van der Waals surface area contributed by atoms with Gasteiger partial charge >= 0.3 is 0 Å². The van der Waals surface area contributed by atoms with Crippen LogP contribution in [0, 0.1) is 0 Å². The van der Waals surface area contributed by atoms with Gasteiger partial charge in [-0.3, -0.25) is 4.79 Å². The van der Waals surface area contributed by atoms with E-state index >= 15 is 0 Å². The van der Waals surface area contributed by atoms with Crippen molar-refractivity contribution in [3.8, 4) is 5.75 Å². The Balaban J connectivity index is 1.58. The Hall–Kier alpha value is -2.31. The lowest BCUT2D eigenvalue weighted by Crippen LogP contribution is -2.25. The fourth-order valence-corrected chi connectivity index (χ4v) is 3.48. The highest BCUT2D eigenvalue weighted by atomic mass is 35.5. The topological polar surface area (TPSA) is 63.1 Å². The summed E-state index contributed by atoms with van der Waals surface area (Å²) in [6.07, 6.45) is 2.25. The maximum atomic E-state index is 12.1. The molecule has 0 aliphatic carbocycles. The number of amidine groups is 1. The van der Waals surface area contributed by atoms with E-state index in [4.69, 9.17) is 16.3 Å². The smallest absolute Gasteiger partial charge is 0.239 e. The monoisotopic (exact) mass is 387 g/mol. The van der Waals surface area contributed by atoms with Crippen LogP contribution in [0.4, 0.5) is 0 Å². The summed E-state index contributed by atoms with van der Waals surface area (Å²) in [5, 5.41) is 11.9. The number of thioether (sulfide) groups is 1. The van der Waals surface area contributed by atoms with Gasteiger partial charge in [-0.25, -0.2) is 0 Å². The molecule has 0 bridgehead atoms. The molecule has 5 nitrogen and oxygen atoms in total. The lowest BCUT2D eigenvalue weighted by atomic mass is 10.1. The zero-order chi connectivity index (χ0) is 18.4. The normalized spacial score (nSPS) is 18.5. The molecule has 0 radical (unpaired) electrons. The minimum absolute atomic E-state index is 0.0515. The first-order chi connectivity index (χ1) is 12.6. The van der Waals surface area contributed by atoms with Crippen LogP contribution in [0.25, 0.3) is 0 Å². The third-order valence-electron chi connectivity index (χ3n) is 3.66. The molecule has 1 atom stereocenters. The molecule has 1 N–H and O–H groups in total. The summed E-state index contributed by atoms with van der Waals surface area (Å²) in [4.78, 5) is 12.1. The van der Waals surface area contributed by atoms with Crippen molar-refractivity contribution in [2.45, 2.75) is 18.6 Å². The average Bonchev–Trinajstić information content (AvgIpc) is 2.98. The number of amides is 1. The number of benzene rings is 2. The molecule has 0 saturated carbocycles. The van der Waals surface area contributed by atoms with Crippen LogP contribution in [0.2, 0.25) is 5.02 Å². The lowest BCUT2D eigenvalue weighted by Gasteiger charge is -2.07. The predicted octanol–water partition coefficient (Wildman–Crippen LogP) is 3.90. The minimum Gasteiger partial charge on any atom is -0.494 e. The van der Waals surface area contributed by atoms with Crippen molar-refractivity contribution in [2.75, 3.05) is 6.61 Å². The van der Waals surface area contributed by atoms with Gasteiger partial charge in [-0.1, -0.05) is 47.6 Å². The molecule has 2 aromatic carbocycles. The molecule has 1 heterocycles. The Labute approximate surface area is 161 Å². The van der Waals surface area contributed by atoms with Gasteiger partial charge in [-0.2, -0.15) is 5.10 Å². The first-order valence-corrected chi connectivity index (χ1v) is 9.45. The molecule has 134 valence electrons. The lowest BCUT2D eigenvalue weighted by molar-refractivity contribution is -0.118. The number of rotatable bonds is 6. The number of carbonyl (C=O) groups excluding carboxylic acids is 1. The van der Waals surface area contributed by atoms with Gasteiger partial charge < -0.3 is 10.1 Å². The van der Waals surface area contributed by atoms with Gasteiger partial charge in [0.25, 0.3) is 0 Å². The number of halogens is 1. The Bertz CT molecular complexity index is 820. The second-order valence-corrected chi connectivity index (χ2v) is 7.21. The largest absolute Gasteiger partial charge is 0.494 e. The number of hydrogen-bond donors (Lipinski definition) is 1. The molecule has 1 unspecified atom stereocenters. The molecule has 0 aromatic heterocycles. The van der Waals surface area contributed by atoms with Crippen LogP contribution < -0.4 is 10.1 Å². The van der Waals surface area contributed by atoms with Gasteiger partial charge in [0.2, 0.25) is 5.91 Å². The van der Waals surface area contributed by atoms with Gasteiger partial charge in [0, 0.05) is 5.02 Å². The standard InChI is InChI=1S/C19H18ClN3O2S/c1-2-25-16-9-5-13(6-10-16)11-17-18(24)22-19(26-17)23-21-12-14-3-7-15(20)8-4-14/h3-10,12,17H,2,11H2,1H3,(H,22,23,24). The molecular formula is C19H18ClN3O2S. The molecule has 1 fully saturated rings. The summed E-state index contributed by atoms with van der Waals surface area (Å²) in [5.41, 5.74) is 1.96. The second kappa shape index (κ2) is 8.87. The second-order valence-electron chi connectivity index (χ2n) is 5.58. The van der Waals surface area contributed by atoms with Crippen molar-refractivity contribution in [1.29, 1.82) is 0 Å². The van der Waals surface area contributed by atoms with E-state index in [9.17, 15) is 4.79 Å². The zero-order valence-corrected chi connectivity index (χ0v) is 15.8. The van der Waals surface area contributed by atoms with E-state index in [1.807, 2.05) is 43.3 Å². The van der Waals surface area contributed by atoms with Crippen LogP contribution >= 0.6 is 23.4 Å². The Morgan fingerprint density at radius 3 is 2.62 bits per heavy atom. The third-order valence-corrected chi connectivity index (χ3v) is 4.98. The highest BCUT2D eigenvalue weighted by molar-refractivity contribution is 8.15. The molecular weight excluding hydrogens is 370 g/mol. The molecule has 1 amide bonds. The first kappa shape index (κ1) is 18.5. The number of nitrogens with zero attached hydrogens (tertiary/aromatic N) is 2. The summed E-state index contributed by atoms with van der Waals surface area (Å²) in [6.45, 7) is 2.58. The van der Waals surface area contributed by atoms with Gasteiger partial charge in [-0.15, -0.1) is 5.10 Å². The number of carbonyl (C=O) groups is 1. The maximum absolute atomic E-state index is 12.1. The molecule has 7 heteroatoms. The molecule has 26 heavy (non-hydrogen) atoms. The number of hydrogen-bond acceptors (Lipinski definition) is 5. The number of nitrogens with one attached hydrogen (secondary N) is 1. The maximum Gasteiger partial charge on any atom is 0.239 e. The quantitative estimate of drug-likeness (QED) is 0.604. The Kier molecular flexibility index (Phi) is 6.30. The van der Waals surface area contributed by atoms with E-state index in [2.05, 4.69) is 15.5 Å². The fourth-order valence-electron chi connectivity index (χ4n) is 2.39.